The molecule has 28 heavy (non-hydrogen) atoms. The number of fused-ring (bicyclic) bond motifs is 4. The zero-order valence-corrected chi connectivity index (χ0v) is 13.8. The second-order valence-electron chi connectivity index (χ2n) is 6.09. The van der Waals surface area contributed by atoms with Gasteiger partial charge in [0.15, 0.2) is 11.5 Å². The highest BCUT2D eigenvalue weighted by atomic mass is 19.4. The summed E-state index contributed by atoms with van der Waals surface area (Å²) in [5.41, 5.74) is -0.802. The van der Waals surface area contributed by atoms with Crippen LogP contribution in [0.4, 0.5) is 17.6 Å². The van der Waals surface area contributed by atoms with Gasteiger partial charge in [-0.25, -0.2) is 9.37 Å². The van der Waals surface area contributed by atoms with Crippen LogP contribution in [0.25, 0.3) is 38.8 Å². The molecule has 10 heteroatoms. The quantitative estimate of drug-likeness (QED) is 0.408. The average molecular weight is 384 g/mol. The van der Waals surface area contributed by atoms with Gasteiger partial charge >= 0.3 is 6.18 Å². The fourth-order valence-electron chi connectivity index (χ4n) is 3.14. The van der Waals surface area contributed by atoms with Crippen molar-refractivity contribution in [2.45, 2.75) is 6.18 Å². The predicted molar refractivity (Wildman–Crippen MR) is 91.8 cm³/mol. The number of alkyl halides is 3. The van der Waals surface area contributed by atoms with E-state index in [1.54, 1.807) is 18.3 Å². The van der Waals surface area contributed by atoms with E-state index in [1.807, 2.05) is 12.1 Å². The highest BCUT2D eigenvalue weighted by Gasteiger charge is 2.32. The lowest BCUT2D eigenvalue weighted by molar-refractivity contribution is -0.137. The van der Waals surface area contributed by atoms with Gasteiger partial charge in [-0.05, 0) is 12.1 Å². The zero-order valence-electron chi connectivity index (χ0n) is 13.8. The van der Waals surface area contributed by atoms with Gasteiger partial charge in [0.1, 0.15) is 23.2 Å². The first-order valence-electron chi connectivity index (χ1n) is 8.04. The smallest absolute Gasteiger partial charge is 0.278 e. The maximum atomic E-state index is 14.6. The molecule has 138 valence electrons. The van der Waals surface area contributed by atoms with E-state index in [2.05, 4.69) is 25.4 Å². The van der Waals surface area contributed by atoms with Crippen molar-refractivity contribution in [3.63, 3.8) is 0 Å². The van der Waals surface area contributed by atoms with Gasteiger partial charge in [0, 0.05) is 10.8 Å². The standard InChI is InChI=1S/C18H8F4N6/c19-12-5-10(18(20,21)22)6-13-15(12)25-16(17-27-24-8-28(13)17)14-11-4-2-1-3-9(11)7-23-26-14/h1-8H. The number of aromatic nitrogens is 6. The maximum Gasteiger partial charge on any atom is 0.416 e. The molecule has 0 radical (unpaired) electrons. The third kappa shape index (κ3) is 2.38. The molecule has 2 aromatic carbocycles. The van der Waals surface area contributed by atoms with Gasteiger partial charge in [0.05, 0.1) is 17.3 Å². The van der Waals surface area contributed by atoms with Crippen molar-refractivity contribution >= 4 is 27.5 Å². The molecule has 0 atom stereocenters. The lowest BCUT2D eigenvalue weighted by atomic mass is 10.1. The number of halogens is 4. The monoisotopic (exact) mass is 384 g/mol. The molecule has 0 N–H and O–H groups in total. The van der Waals surface area contributed by atoms with Crippen LogP contribution in [0, 0.1) is 5.82 Å². The van der Waals surface area contributed by atoms with E-state index < -0.39 is 17.6 Å². The number of hydrogen-bond acceptors (Lipinski definition) is 5. The van der Waals surface area contributed by atoms with Crippen molar-refractivity contribution in [3.05, 3.63) is 60.3 Å². The Morgan fingerprint density at radius 1 is 0.929 bits per heavy atom. The summed E-state index contributed by atoms with van der Waals surface area (Å²) in [7, 11) is 0. The maximum absolute atomic E-state index is 14.6. The van der Waals surface area contributed by atoms with Gasteiger partial charge in [0.25, 0.3) is 0 Å². The topological polar surface area (TPSA) is 68.9 Å². The third-order valence-electron chi connectivity index (χ3n) is 4.41. The average Bonchev–Trinajstić information content (AvgIpc) is 3.16. The summed E-state index contributed by atoms with van der Waals surface area (Å²) < 4.78 is 55.1. The van der Waals surface area contributed by atoms with Gasteiger partial charge in [-0.1, -0.05) is 24.3 Å². The summed E-state index contributed by atoms with van der Waals surface area (Å²) in [6.07, 6.45) is -1.92. The summed E-state index contributed by atoms with van der Waals surface area (Å²) in [5.74, 6) is -1.10. The number of rotatable bonds is 1. The SMILES string of the molecule is Fc1cc(C(F)(F)F)cc2c1nc(-c1nncc3ccccc13)c1nncn12. The van der Waals surface area contributed by atoms with E-state index in [0.717, 1.165) is 11.5 Å². The van der Waals surface area contributed by atoms with Gasteiger partial charge in [0.2, 0.25) is 0 Å². The Kier molecular flexibility index (Phi) is 3.33. The molecule has 0 aliphatic rings. The van der Waals surface area contributed by atoms with E-state index in [1.165, 1.54) is 10.7 Å². The normalized spacial score (nSPS) is 12.3. The fraction of sp³-hybridized carbons (Fsp3) is 0.0556. The van der Waals surface area contributed by atoms with Crippen LogP contribution in [0.5, 0.6) is 0 Å². The molecule has 0 amide bonds. The Balaban J connectivity index is 1.91. The Morgan fingerprint density at radius 2 is 1.75 bits per heavy atom. The van der Waals surface area contributed by atoms with Gasteiger partial charge in [-0.3, -0.25) is 4.40 Å². The molecule has 5 aromatic rings. The number of nitrogens with zero attached hydrogens (tertiary/aromatic N) is 6. The molecule has 0 aliphatic carbocycles. The lowest BCUT2D eigenvalue weighted by Crippen LogP contribution is -2.07. The molecule has 0 saturated carbocycles. The van der Waals surface area contributed by atoms with E-state index in [0.29, 0.717) is 17.1 Å². The molecule has 6 nitrogen and oxygen atoms in total. The van der Waals surface area contributed by atoms with Crippen molar-refractivity contribution in [1.82, 2.24) is 29.8 Å². The van der Waals surface area contributed by atoms with Crippen LogP contribution in [-0.4, -0.2) is 29.8 Å². The van der Waals surface area contributed by atoms with Crippen molar-refractivity contribution < 1.29 is 17.6 Å². The Labute approximate surface area is 153 Å². The van der Waals surface area contributed by atoms with Gasteiger partial charge in [-0.15, -0.1) is 15.3 Å². The molecular weight excluding hydrogens is 376 g/mol. The molecule has 0 bridgehead atoms. The van der Waals surface area contributed by atoms with Gasteiger partial charge < -0.3 is 0 Å². The zero-order chi connectivity index (χ0) is 19.5. The first-order valence-corrected chi connectivity index (χ1v) is 8.04. The highest BCUT2D eigenvalue weighted by Crippen LogP contribution is 2.34. The third-order valence-corrected chi connectivity index (χ3v) is 4.41. The van der Waals surface area contributed by atoms with Crippen molar-refractivity contribution in [1.29, 1.82) is 0 Å². The number of hydrogen-bond donors (Lipinski definition) is 0. The van der Waals surface area contributed by atoms with Crippen LogP contribution in [0.2, 0.25) is 0 Å². The summed E-state index contributed by atoms with van der Waals surface area (Å²) in [5, 5.41) is 17.2. The minimum atomic E-state index is -4.70. The minimum Gasteiger partial charge on any atom is -0.278 e. The second kappa shape index (κ2) is 5.65. The van der Waals surface area contributed by atoms with Crippen LogP contribution >= 0.6 is 0 Å². The molecule has 0 aliphatic heterocycles. The Morgan fingerprint density at radius 3 is 2.57 bits per heavy atom. The van der Waals surface area contributed by atoms with E-state index in [9.17, 15) is 17.6 Å². The van der Waals surface area contributed by atoms with Crippen LogP contribution in [0.3, 0.4) is 0 Å². The molecule has 0 unspecified atom stereocenters. The van der Waals surface area contributed by atoms with Crippen molar-refractivity contribution in [2.24, 2.45) is 0 Å². The largest absolute Gasteiger partial charge is 0.416 e. The van der Waals surface area contributed by atoms with E-state index >= 15 is 0 Å². The van der Waals surface area contributed by atoms with E-state index in [-0.39, 0.29) is 22.4 Å². The van der Waals surface area contributed by atoms with Crippen LogP contribution < -0.4 is 0 Å². The predicted octanol–water partition coefficient (Wildman–Crippen LogP) is 4.05. The first kappa shape index (κ1) is 16.5. The summed E-state index contributed by atoms with van der Waals surface area (Å²) in [6.45, 7) is 0. The Bertz CT molecular complexity index is 1370. The molecule has 3 heterocycles. The van der Waals surface area contributed by atoms with Crippen LogP contribution in [-0.2, 0) is 6.18 Å². The van der Waals surface area contributed by atoms with Crippen LogP contribution in [0.1, 0.15) is 5.56 Å². The number of benzene rings is 2. The Hall–Kier alpha value is -3.69. The lowest BCUT2D eigenvalue weighted by Gasteiger charge is -2.11. The van der Waals surface area contributed by atoms with Crippen molar-refractivity contribution in [3.8, 4) is 11.4 Å². The second-order valence-corrected chi connectivity index (χ2v) is 6.09. The molecule has 5 rings (SSSR count). The first-order chi connectivity index (χ1) is 13.4. The molecule has 0 saturated heterocycles. The molecule has 0 spiro atoms. The fourth-order valence-corrected chi connectivity index (χ4v) is 3.14. The van der Waals surface area contributed by atoms with E-state index in [4.69, 9.17) is 0 Å². The summed E-state index contributed by atoms with van der Waals surface area (Å²) in [6, 6.07) is 8.48. The summed E-state index contributed by atoms with van der Waals surface area (Å²) >= 11 is 0. The van der Waals surface area contributed by atoms with Crippen LogP contribution in [0.15, 0.2) is 48.9 Å². The highest BCUT2D eigenvalue weighted by molar-refractivity contribution is 5.97. The molecule has 0 fully saturated rings. The van der Waals surface area contributed by atoms with Crippen molar-refractivity contribution in [2.75, 3.05) is 0 Å². The molecular formula is C18H8F4N6. The summed E-state index contributed by atoms with van der Waals surface area (Å²) in [4.78, 5) is 4.25. The minimum absolute atomic E-state index is 0.0933. The van der Waals surface area contributed by atoms with Gasteiger partial charge in [-0.2, -0.15) is 18.3 Å². The molecule has 3 aromatic heterocycles.